The Balaban J connectivity index is 2.14. The van der Waals surface area contributed by atoms with Gasteiger partial charge in [-0.15, -0.1) is 6.58 Å². The van der Waals surface area contributed by atoms with Gasteiger partial charge in [0, 0.05) is 0 Å². The van der Waals surface area contributed by atoms with Crippen molar-refractivity contribution in [3.8, 4) is 0 Å². The number of amides is 1. The van der Waals surface area contributed by atoms with Gasteiger partial charge in [-0.25, -0.2) is 4.79 Å². The number of benzene rings is 2. The normalized spacial score (nSPS) is 12.6. The molecule has 4 nitrogen and oxygen atoms in total. The number of hydrogen-bond donors (Lipinski definition) is 0. The van der Waals surface area contributed by atoms with Crippen LogP contribution in [0.15, 0.2) is 79.4 Å². The predicted molar refractivity (Wildman–Crippen MR) is 109 cm³/mol. The lowest BCUT2D eigenvalue weighted by molar-refractivity contribution is -0.165. The van der Waals surface area contributed by atoms with Crippen LogP contribution in [0, 0.1) is 0 Å². The third kappa shape index (κ3) is 7.12. The van der Waals surface area contributed by atoms with Gasteiger partial charge in [0.25, 0.3) is 0 Å². The first-order chi connectivity index (χ1) is 12.9. The zero-order valence-corrected chi connectivity index (χ0v) is 16.2. The average Bonchev–Trinajstić information content (AvgIpc) is 2.64. The fourth-order valence-corrected chi connectivity index (χ4v) is 2.34. The summed E-state index contributed by atoms with van der Waals surface area (Å²) in [7, 11) is 0. The molecule has 2 aromatic carbocycles. The van der Waals surface area contributed by atoms with Crippen LogP contribution in [0.1, 0.15) is 38.0 Å². The van der Waals surface area contributed by atoms with Crippen LogP contribution in [-0.2, 0) is 9.57 Å². The monoisotopic (exact) mass is 365 g/mol. The highest BCUT2D eigenvalue weighted by molar-refractivity contribution is 5.67. The zero-order chi connectivity index (χ0) is 19.7. The summed E-state index contributed by atoms with van der Waals surface area (Å²) < 4.78 is 5.48. The number of hydrogen-bond acceptors (Lipinski definition) is 3. The van der Waals surface area contributed by atoms with Gasteiger partial charge >= 0.3 is 6.09 Å². The summed E-state index contributed by atoms with van der Waals surface area (Å²) in [5, 5.41) is 1.23. The van der Waals surface area contributed by atoms with Crippen molar-refractivity contribution < 1.29 is 14.4 Å². The Morgan fingerprint density at radius 1 is 1.07 bits per heavy atom. The molecular weight excluding hydrogens is 338 g/mol. The maximum Gasteiger partial charge on any atom is 0.434 e. The maximum absolute atomic E-state index is 12.6. The van der Waals surface area contributed by atoms with Crippen LogP contribution in [0.2, 0.25) is 0 Å². The van der Waals surface area contributed by atoms with Gasteiger partial charge < -0.3 is 4.74 Å². The Hall–Kier alpha value is -2.85. The molecule has 0 N–H and O–H groups in total. The summed E-state index contributed by atoms with van der Waals surface area (Å²) in [6.45, 7) is 9.55. The highest BCUT2D eigenvalue weighted by Gasteiger charge is 2.24. The SMILES string of the molecule is C=CC(ON(C/C=C/c1ccccc1)C(=O)OC(C)(C)C)c1ccccc1. The van der Waals surface area contributed by atoms with E-state index in [0.717, 1.165) is 11.1 Å². The minimum Gasteiger partial charge on any atom is -0.442 e. The molecule has 0 heterocycles. The number of nitrogens with zero attached hydrogens (tertiary/aromatic N) is 1. The van der Waals surface area contributed by atoms with E-state index in [1.54, 1.807) is 6.08 Å². The molecule has 2 aromatic rings. The summed E-state index contributed by atoms with van der Waals surface area (Å²) in [4.78, 5) is 18.5. The second-order valence-electron chi connectivity index (χ2n) is 7.03. The van der Waals surface area contributed by atoms with E-state index in [1.165, 1.54) is 5.06 Å². The van der Waals surface area contributed by atoms with Crippen molar-refractivity contribution in [1.82, 2.24) is 5.06 Å². The molecule has 4 heteroatoms. The first-order valence-corrected chi connectivity index (χ1v) is 8.95. The van der Waals surface area contributed by atoms with E-state index in [0.29, 0.717) is 0 Å². The Labute approximate surface area is 161 Å². The number of ether oxygens (including phenoxy) is 1. The largest absolute Gasteiger partial charge is 0.442 e. The fraction of sp³-hybridized carbons (Fsp3) is 0.261. The standard InChI is InChI=1S/C23H27NO3/c1-5-21(20-16-10-7-11-17-20)27-24(22(25)26-23(2,3)4)18-12-15-19-13-8-6-9-14-19/h5-17,21H,1,18H2,2-4H3/b15-12+. The van der Waals surface area contributed by atoms with Crippen molar-refractivity contribution in [2.75, 3.05) is 6.54 Å². The summed E-state index contributed by atoms with van der Waals surface area (Å²) >= 11 is 0. The molecule has 0 spiro atoms. The van der Waals surface area contributed by atoms with Crippen molar-refractivity contribution in [2.45, 2.75) is 32.5 Å². The van der Waals surface area contributed by atoms with Gasteiger partial charge in [-0.05, 0) is 31.9 Å². The summed E-state index contributed by atoms with van der Waals surface area (Å²) in [5.74, 6) is 0. The van der Waals surface area contributed by atoms with Gasteiger partial charge in [0.2, 0.25) is 0 Å². The van der Waals surface area contributed by atoms with Crippen molar-refractivity contribution in [3.63, 3.8) is 0 Å². The molecular formula is C23H27NO3. The van der Waals surface area contributed by atoms with E-state index in [1.807, 2.05) is 93.6 Å². The average molecular weight is 365 g/mol. The molecule has 0 aliphatic rings. The molecule has 142 valence electrons. The summed E-state index contributed by atoms with van der Waals surface area (Å²) in [5.41, 5.74) is 1.34. The Morgan fingerprint density at radius 3 is 2.22 bits per heavy atom. The number of carbonyl (C=O) groups excluding carboxylic acids is 1. The molecule has 0 bridgehead atoms. The molecule has 0 saturated carbocycles. The molecule has 27 heavy (non-hydrogen) atoms. The highest BCUT2D eigenvalue weighted by atomic mass is 16.7. The topological polar surface area (TPSA) is 38.8 Å². The molecule has 0 aromatic heterocycles. The number of hydroxylamine groups is 2. The van der Waals surface area contributed by atoms with Gasteiger partial charge in [-0.2, -0.15) is 5.06 Å². The van der Waals surface area contributed by atoms with Crippen LogP contribution in [0.3, 0.4) is 0 Å². The lowest BCUT2D eigenvalue weighted by Crippen LogP contribution is -2.37. The van der Waals surface area contributed by atoms with Gasteiger partial charge in [0.1, 0.15) is 11.7 Å². The van der Waals surface area contributed by atoms with E-state index in [4.69, 9.17) is 9.57 Å². The molecule has 2 rings (SSSR count). The smallest absolute Gasteiger partial charge is 0.434 e. The van der Waals surface area contributed by atoms with E-state index >= 15 is 0 Å². The maximum atomic E-state index is 12.6. The Bertz CT molecular complexity index is 748. The molecule has 1 amide bonds. The molecule has 0 saturated heterocycles. The Morgan fingerprint density at radius 2 is 1.67 bits per heavy atom. The van der Waals surface area contributed by atoms with Crippen LogP contribution in [-0.4, -0.2) is 23.3 Å². The van der Waals surface area contributed by atoms with E-state index < -0.39 is 17.8 Å². The summed E-state index contributed by atoms with van der Waals surface area (Å²) in [6.07, 6.45) is 4.47. The number of carbonyl (C=O) groups is 1. The van der Waals surface area contributed by atoms with Crippen molar-refractivity contribution in [2.24, 2.45) is 0 Å². The van der Waals surface area contributed by atoms with Gasteiger partial charge in [0.05, 0.1) is 6.54 Å². The van der Waals surface area contributed by atoms with Crippen molar-refractivity contribution in [3.05, 3.63) is 90.5 Å². The molecule has 0 radical (unpaired) electrons. The van der Waals surface area contributed by atoms with E-state index in [-0.39, 0.29) is 6.54 Å². The second kappa shape index (κ2) is 9.74. The van der Waals surface area contributed by atoms with Crippen LogP contribution in [0.4, 0.5) is 4.79 Å². The highest BCUT2D eigenvalue weighted by Crippen LogP contribution is 2.21. The van der Waals surface area contributed by atoms with Crippen molar-refractivity contribution in [1.29, 1.82) is 0 Å². The summed E-state index contributed by atoms with van der Waals surface area (Å²) in [6, 6.07) is 19.5. The minimum atomic E-state index is -0.613. The Kier molecular flexibility index (Phi) is 7.38. The van der Waals surface area contributed by atoms with Crippen LogP contribution in [0.25, 0.3) is 6.08 Å². The molecule has 1 atom stereocenters. The third-order valence-corrected chi connectivity index (χ3v) is 3.56. The van der Waals surface area contributed by atoms with Crippen molar-refractivity contribution >= 4 is 12.2 Å². The quantitative estimate of drug-likeness (QED) is 0.460. The van der Waals surface area contributed by atoms with Crippen LogP contribution in [0.5, 0.6) is 0 Å². The molecule has 0 fully saturated rings. The van der Waals surface area contributed by atoms with Gasteiger partial charge in [0.15, 0.2) is 0 Å². The van der Waals surface area contributed by atoms with Crippen LogP contribution >= 0.6 is 0 Å². The first kappa shape index (κ1) is 20.5. The second-order valence-corrected chi connectivity index (χ2v) is 7.03. The number of rotatable bonds is 7. The molecule has 0 aliphatic heterocycles. The first-order valence-electron chi connectivity index (χ1n) is 8.95. The van der Waals surface area contributed by atoms with Gasteiger partial charge in [-0.3, -0.25) is 4.84 Å². The predicted octanol–water partition coefficient (Wildman–Crippen LogP) is 5.80. The molecule has 0 aliphatic carbocycles. The molecule has 1 unspecified atom stereocenters. The third-order valence-electron chi connectivity index (χ3n) is 3.56. The van der Waals surface area contributed by atoms with E-state index in [2.05, 4.69) is 6.58 Å². The van der Waals surface area contributed by atoms with E-state index in [9.17, 15) is 4.79 Å². The fourth-order valence-electron chi connectivity index (χ4n) is 2.34. The zero-order valence-electron chi connectivity index (χ0n) is 16.2. The van der Waals surface area contributed by atoms with Gasteiger partial charge in [-0.1, -0.05) is 78.9 Å². The lowest BCUT2D eigenvalue weighted by Gasteiger charge is -2.28. The lowest BCUT2D eigenvalue weighted by atomic mass is 10.1. The van der Waals surface area contributed by atoms with Crippen LogP contribution < -0.4 is 0 Å². The minimum absolute atomic E-state index is 0.251.